The number of nitrogens with zero attached hydrogens (tertiary/aromatic N) is 2. The van der Waals surface area contributed by atoms with E-state index in [2.05, 4.69) is 105 Å². The second-order valence-electron chi connectivity index (χ2n) is 26.7. The Hall–Kier alpha value is -1.25. The number of unbranched alkanes of at least 4 members (excludes halogenated alkanes) is 56. The summed E-state index contributed by atoms with van der Waals surface area (Å²) in [4.78, 5) is 0. The van der Waals surface area contributed by atoms with E-state index in [-0.39, 0.29) is 0 Å². The second kappa shape index (κ2) is 71.5. The van der Waals surface area contributed by atoms with E-state index >= 15 is 0 Å². The van der Waals surface area contributed by atoms with Gasteiger partial charge in [-0.3, -0.25) is 17.4 Å². The van der Waals surface area contributed by atoms with Gasteiger partial charge >= 0.3 is 0 Å². The van der Waals surface area contributed by atoms with E-state index in [0.29, 0.717) is 0 Å². The molecular weight excluding hydrogens is 1040 g/mol. The fourth-order valence-corrected chi connectivity index (χ4v) is 11.3. The van der Waals surface area contributed by atoms with Crippen molar-refractivity contribution in [3.05, 3.63) is 49.1 Å². The molecule has 0 aromatic rings. The van der Waals surface area contributed by atoms with Gasteiger partial charge in [0.2, 0.25) is 0 Å². The summed E-state index contributed by atoms with van der Waals surface area (Å²) in [7, 11) is 4.01. The van der Waals surface area contributed by atoms with E-state index in [1.807, 2.05) is 0 Å². The lowest BCUT2D eigenvalue weighted by atomic mass is 10.0. The molecule has 0 bridgehead atoms. The van der Waals surface area contributed by atoms with E-state index < -0.39 is 10.4 Å². The van der Waals surface area contributed by atoms with E-state index in [1.165, 1.54) is 385 Å². The van der Waals surface area contributed by atoms with Crippen LogP contribution in [0.3, 0.4) is 0 Å². The summed E-state index contributed by atoms with van der Waals surface area (Å²) < 4.78 is 35.9. The van der Waals surface area contributed by atoms with Crippen LogP contribution >= 0.6 is 0 Å². The van der Waals surface area contributed by atoms with Crippen molar-refractivity contribution in [1.29, 1.82) is 0 Å². The van der Waals surface area contributed by atoms with Gasteiger partial charge in [-0.25, -0.2) is 0 Å². The molecule has 7 heteroatoms. The van der Waals surface area contributed by atoms with Crippen LogP contribution in [0.15, 0.2) is 49.1 Å². The Labute approximate surface area is 524 Å². The molecule has 0 rings (SSSR count). The average molecular weight is 1190 g/mol. The molecule has 496 valence electrons. The van der Waals surface area contributed by atoms with Gasteiger partial charge in [0.25, 0.3) is 0 Å². The fraction of sp³-hybridized carbons (Fsp3) is 0.895. The first kappa shape index (κ1) is 86.0. The number of hydrogen-bond acceptors (Lipinski definition) is 4. The van der Waals surface area contributed by atoms with E-state index in [4.69, 9.17) is 17.5 Å². The van der Waals surface area contributed by atoms with Crippen molar-refractivity contribution < 1.29 is 26.5 Å². The normalized spacial score (nSPS) is 12.4. The van der Waals surface area contributed by atoms with Gasteiger partial charge in [0.1, 0.15) is 0 Å². The van der Waals surface area contributed by atoms with Crippen LogP contribution in [0, 0.1) is 0 Å². The molecule has 0 fully saturated rings. The number of hydrogen-bond donors (Lipinski definition) is 0. The molecule has 0 amide bonds. The van der Waals surface area contributed by atoms with E-state index in [9.17, 15) is 0 Å². The van der Waals surface area contributed by atoms with Crippen LogP contribution in [-0.2, 0) is 10.4 Å². The molecule has 0 aliphatic rings. The molecule has 0 aliphatic carbocycles. The molecule has 0 saturated carbocycles. The molecular formula is C76H152N2O4S. The van der Waals surface area contributed by atoms with Crippen molar-refractivity contribution in [2.45, 2.75) is 413 Å². The Morgan fingerprint density at radius 1 is 0.217 bits per heavy atom. The maximum Gasteiger partial charge on any atom is 0.0959 e. The Morgan fingerprint density at radius 3 is 0.422 bits per heavy atom. The van der Waals surface area contributed by atoms with Gasteiger partial charge in [0.05, 0.1) is 53.0 Å². The van der Waals surface area contributed by atoms with Crippen molar-refractivity contribution in [3.63, 3.8) is 0 Å². The molecule has 0 N–H and O–H groups in total. The van der Waals surface area contributed by atoms with Gasteiger partial charge in [-0.05, 0) is 75.7 Å². The summed E-state index contributed by atoms with van der Waals surface area (Å²) in [6.45, 7) is 9.21. The van der Waals surface area contributed by atoms with Crippen molar-refractivity contribution in [1.82, 2.24) is 0 Å². The van der Waals surface area contributed by atoms with Crippen molar-refractivity contribution in [2.75, 3.05) is 28.2 Å². The zero-order chi connectivity index (χ0) is 61.6. The third-order valence-corrected chi connectivity index (χ3v) is 16.9. The lowest BCUT2D eigenvalue weighted by molar-refractivity contribution is -0.784. The van der Waals surface area contributed by atoms with Crippen LogP contribution < -0.4 is 0 Å². The SMILES string of the molecule is CCCCCCCCCCCCCCCC/C=C/[N+](C)(C)/C=C/CCCCCCCCCCCCCCCC.CCCCCCCCCCCCCCCC/C=C/[N+](C)(C)/C=C/CCCCCCCCCCCCCCCC.O=S(=O)([O-])[O-]. The number of rotatable bonds is 64. The van der Waals surface area contributed by atoms with Gasteiger partial charge in [-0.2, -0.15) is 0 Å². The highest BCUT2D eigenvalue weighted by molar-refractivity contribution is 7.79. The zero-order valence-electron chi connectivity index (χ0n) is 58.0. The van der Waals surface area contributed by atoms with Crippen LogP contribution in [0.1, 0.15) is 413 Å². The highest BCUT2D eigenvalue weighted by atomic mass is 32.3. The lowest BCUT2D eigenvalue weighted by Gasteiger charge is -2.19. The first-order valence-corrected chi connectivity index (χ1v) is 38.6. The predicted octanol–water partition coefficient (Wildman–Crippen LogP) is 26.3. The molecule has 0 heterocycles. The van der Waals surface area contributed by atoms with Crippen LogP contribution in [0.5, 0.6) is 0 Å². The van der Waals surface area contributed by atoms with Crippen LogP contribution in [0.2, 0.25) is 0 Å². The maximum absolute atomic E-state index is 8.52. The van der Waals surface area contributed by atoms with Crippen molar-refractivity contribution in [2.24, 2.45) is 0 Å². The van der Waals surface area contributed by atoms with E-state index in [0.717, 1.165) is 8.97 Å². The molecule has 0 saturated heterocycles. The van der Waals surface area contributed by atoms with Gasteiger partial charge in [-0.1, -0.05) is 362 Å². The predicted molar refractivity (Wildman–Crippen MR) is 371 cm³/mol. The minimum absolute atomic E-state index is 0.886. The standard InChI is InChI=1S/2C38H76N.H2O4S/c2*1-5-7-9-11-13-15-17-19-21-23-25-27-29-31-33-35-37-39(3,4)38-36-34-32-30-28-26-24-22-20-18-16-14-12-10-8-6-2;1-5(2,3)4/h2*35-38H,5-34H2,1-4H3;(H2,1,2,3,4)/q2*+1;/p-2/b2*37-35+,38-36+;. The minimum Gasteiger partial charge on any atom is -0.759 e. The monoisotopic (exact) mass is 1190 g/mol. The van der Waals surface area contributed by atoms with Crippen LogP contribution in [0.4, 0.5) is 0 Å². The van der Waals surface area contributed by atoms with Gasteiger partial charge in [-0.15, -0.1) is 0 Å². The molecule has 0 radical (unpaired) electrons. The summed E-state index contributed by atoms with van der Waals surface area (Å²) >= 11 is 0. The maximum atomic E-state index is 8.52. The van der Waals surface area contributed by atoms with Crippen LogP contribution in [-0.4, -0.2) is 54.7 Å². The smallest absolute Gasteiger partial charge is 0.0959 e. The molecule has 0 atom stereocenters. The minimum atomic E-state index is -5.17. The molecule has 0 aromatic carbocycles. The summed E-state index contributed by atoms with van der Waals surface area (Å²) in [6, 6.07) is 0. The summed E-state index contributed by atoms with van der Waals surface area (Å²) in [6.07, 6.45) is 105. The molecule has 6 nitrogen and oxygen atoms in total. The lowest BCUT2D eigenvalue weighted by Crippen LogP contribution is -2.25. The Bertz CT molecular complexity index is 1250. The van der Waals surface area contributed by atoms with Gasteiger partial charge in [0.15, 0.2) is 0 Å². The number of allylic oxidation sites excluding steroid dienone is 4. The highest BCUT2D eigenvalue weighted by Crippen LogP contribution is 2.19. The molecule has 0 aromatic heterocycles. The third-order valence-electron chi connectivity index (χ3n) is 16.9. The molecule has 0 spiro atoms. The zero-order valence-corrected chi connectivity index (χ0v) is 58.8. The number of quaternary nitrogens is 2. The van der Waals surface area contributed by atoms with Crippen molar-refractivity contribution >= 4 is 10.4 Å². The quantitative estimate of drug-likeness (QED) is 0.0263. The Balaban J connectivity index is -0.00000142. The Morgan fingerprint density at radius 2 is 0.313 bits per heavy atom. The second-order valence-corrected chi connectivity index (χ2v) is 27.6. The summed E-state index contributed by atoms with van der Waals surface area (Å²) in [5.74, 6) is 0. The first-order chi connectivity index (χ1) is 40.2. The van der Waals surface area contributed by atoms with Gasteiger partial charge in [0, 0.05) is 10.4 Å². The molecule has 83 heavy (non-hydrogen) atoms. The molecule has 0 aliphatic heterocycles. The fourth-order valence-electron chi connectivity index (χ4n) is 11.3. The van der Waals surface area contributed by atoms with Gasteiger partial charge < -0.3 is 9.11 Å². The third kappa shape index (κ3) is 89.6. The van der Waals surface area contributed by atoms with E-state index in [1.54, 1.807) is 0 Å². The average Bonchev–Trinajstić information content (AvgIpc) is 3.44. The summed E-state index contributed by atoms with van der Waals surface area (Å²) in [5.41, 5.74) is 0. The molecule has 0 unspecified atom stereocenters. The largest absolute Gasteiger partial charge is 0.759 e. The summed E-state index contributed by atoms with van der Waals surface area (Å²) in [5, 5.41) is 0. The highest BCUT2D eigenvalue weighted by Gasteiger charge is 2.07. The first-order valence-electron chi connectivity index (χ1n) is 37.3. The van der Waals surface area contributed by atoms with Crippen LogP contribution in [0.25, 0.3) is 0 Å². The van der Waals surface area contributed by atoms with Crippen molar-refractivity contribution in [3.8, 4) is 0 Å². The topological polar surface area (TPSA) is 80.3 Å². The Kier molecular flexibility index (Phi) is 74.0.